The summed E-state index contributed by atoms with van der Waals surface area (Å²) in [6.45, 7) is 11.9. The van der Waals surface area contributed by atoms with Crippen LogP contribution >= 0.6 is 0 Å². The molecule has 22 heavy (non-hydrogen) atoms. The van der Waals surface area contributed by atoms with Crippen molar-refractivity contribution < 1.29 is 0 Å². The standard InChI is InChI=1S/C22H22/c1-5-9-14-20-17(8-4)18(12-6-2)19(13-7-3)21-15-10-11-16-22(20)21/h5-16H,1,4H2,2-3H3/b12-6-,13-7-,14-9-. The highest BCUT2D eigenvalue weighted by atomic mass is 14.2. The van der Waals surface area contributed by atoms with Gasteiger partial charge in [-0.1, -0.05) is 86.0 Å². The van der Waals surface area contributed by atoms with Crippen LogP contribution in [0.2, 0.25) is 0 Å². The summed E-state index contributed by atoms with van der Waals surface area (Å²) in [5, 5.41) is 2.49. The Labute approximate surface area is 133 Å². The van der Waals surface area contributed by atoms with Crippen LogP contribution in [0.25, 0.3) is 35.1 Å². The first-order valence-electron chi connectivity index (χ1n) is 7.54. The topological polar surface area (TPSA) is 0 Å². The number of benzene rings is 2. The normalized spacial score (nSPS) is 11.9. The third-order valence-corrected chi connectivity index (χ3v) is 3.65. The lowest BCUT2D eigenvalue weighted by atomic mass is 9.88. The first kappa shape index (κ1) is 15.8. The van der Waals surface area contributed by atoms with Crippen molar-refractivity contribution >= 4 is 35.1 Å². The fourth-order valence-corrected chi connectivity index (χ4v) is 2.79. The van der Waals surface area contributed by atoms with Gasteiger partial charge in [-0.15, -0.1) is 0 Å². The minimum absolute atomic E-state index is 1.16. The van der Waals surface area contributed by atoms with Crippen molar-refractivity contribution in [2.75, 3.05) is 0 Å². The molecule has 2 rings (SSSR count). The molecule has 0 aromatic heterocycles. The van der Waals surface area contributed by atoms with E-state index >= 15 is 0 Å². The zero-order valence-electron chi connectivity index (χ0n) is 13.3. The van der Waals surface area contributed by atoms with E-state index in [9.17, 15) is 0 Å². The summed E-state index contributed by atoms with van der Waals surface area (Å²) < 4.78 is 0. The van der Waals surface area contributed by atoms with Crippen molar-refractivity contribution in [3.8, 4) is 0 Å². The van der Waals surface area contributed by atoms with Gasteiger partial charge < -0.3 is 0 Å². The molecule has 0 N–H and O–H groups in total. The van der Waals surface area contributed by atoms with Gasteiger partial charge in [-0.3, -0.25) is 0 Å². The van der Waals surface area contributed by atoms with Crippen molar-refractivity contribution in [1.82, 2.24) is 0 Å². The molecule has 110 valence electrons. The minimum atomic E-state index is 1.16. The van der Waals surface area contributed by atoms with E-state index in [-0.39, 0.29) is 0 Å². The number of fused-ring (bicyclic) bond motifs is 1. The molecule has 0 aliphatic rings. The van der Waals surface area contributed by atoms with Crippen LogP contribution in [0.15, 0.2) is 61.7 Å². The van der Waals surface area contributed by atoms with E-state index in [1.165, 1.54) is 27.5 Å². The second-order valence-electron chi connectivity index (χ2n) is 5.00. The van der Waals surface area contributed by atoms with E-state index in [1.807, 2.05) is 26.0 Å². The Bertz CT molecular complexity index is 783. The summed E-state index contributed by atoms with van der Waals surface area (Å²) >= 11 is 0. The average Bonchev–Trinajstić information content (AvgIpc) is 2.55. The monoisotopic (exact) mass is 286 g/mol. The summed E-state index contributed by atoms with van der Waals surface area (Å²) in [7, 11) is 0. The highest BCUT2D eigenvalue weighted by molar-refractivity contribution is 6.03. The van der Waals surface area contributed by atoms with Gasteiger partial charge in [0.25, 0.3) is 0 Å². The van der Waals surface area contributed by atoms with Crippen LogP contribution in [0.4, 0.5) is 0 Å². The number of allylic oxidation sites excluding steroid dienone is 4. The molecule has 0 fully saturated rings. The summed E-state index contributed by atoms with van der Waals surface area (Å²) in [4.78, 5) is 0. The van der Waals surface area contributed by atoms with Crippen molar-refractivity contribution in [2.24, 2.45) is 0 Å². The van der Waals surface area contributed by atoms with Crippen LogP contribution < -0.4 is 0 Å². The van der Waals surface area contributed by atoms with Gasteiger partial charge in [0.2, 0.25) is 0 Å². The average molecular weight is 286 g/mol. The van der Waals surface area contributed by atoms with Crippen molar-refractivity contribution in [1.29, 1.82) is 0 Å². The van der Waals surface area contributed by atoms with Gasteiger partial charge in [0.1, 0.15) is 0 Å². The largest absolute Gasteiger partial charge is 0.0991 e. The molecule has 2 aromatic rings. The fourth-order valence-electron chi connectivity index (χ4n) is 2.79. The maximum absolute atomic E-state index is 4.03. The van der Waals surface area contributed by atoms with Crippen LogP contribution in [-0.2, 0) is 0 Å². The van der Waals surface area contributed by atoms with E-state index < -0.39 is 0 Å². The highest BCUT2D eigenvalue weighted by Crippen LogP contribution is 2.34. The molecule has 0 bridgehead atoms. The molecule has 2 aromatic carbocycles. The second kappa shape index (κ2) is 7.42. The zero-order valence-corrected chi connectivity index (χ0v) is 13.3. The van der Waals surface area contributed by atoms with E-state index in [4.69, 9.17) is 0 Å². The smallest absolute Gasteiger partial charge is 0.00990 e. The Hall–Kier alpha value is -2.60. The Balaban J connectivity index is 3.05. The highest BCUT2D eigenvalue weighted by Gasteiger charge is 2.12. The molecule has 0 amide bonds. The molecular formula is C22H22. The lowest BCUT2D eigenvalue weighted by molar-refractivity contribution is 1.58. The predicted molar refractivity (Wildman–Crippen MR) is 103 cm³/mol. The van der Waals surface area contributed by atoms with Gasteiger partial charge in [-0.25, -0.2) is 0 Å². The molecule has 0 spiro atoms. The lowest BCUT2D eigenvalue weighted by Crippen LogP contribution is -1.94. The van der Waals surface area contributed by atoms with Gasteiger partial charge >= 0.3 is 0 Å². The summed E-state index contributed by atoms with van der Waals surface area (Å²) in [5.74, 6) is 0. The molecule has 0 saturated heterocycles. The first-order chi connectivity index (χ1) is 10.8. The summed E-state index contributed by atoms with van der Waals surface area (Å²) in [6, 6.07) is 8.51. The second-order valence-corrected chi connectivity index (χ2v) is 5.00. The molecule has 0 nitrogen and oxygen atoms in total. The zero-order chi connectivity index (χ0) is 15.9. The van der Waals surface area contributed by atoms with Gasteiger partial charge in [0.15, 0.2) is 0 Å². The van der Waals surface area contributed by atoms with Crippen LogP contribution in [0.1, 0.15) is 36.1 Å². The Morgan fingerprint density at radius 2 is 1.27 bits per heavy atom. The number of hydrogen-bond donors (Lipinski definition) is 0. The molecular weight excluding hydrogens is 264 g/mol. The molecule has 0 atom stereocenters. The molecule has 0 heteroatoms. The van der Waals surface area contributed by atoms with Gasteiger partial charge in [0.05, 0.1) is 0 Å². The lowest BCUT2D eigenvalue weighted by Gasteiger charge is -2.16. The number of rotatable bonds is 5. The molecule has 0 radical (unpaired) electrons. The van der Waals surface area contributed by atoms with Crippen molar-refractivity contribution in [2.45, 2.75) is 13.8 Å². The maximum Gasteiger partial charge on any atom is -0.00990 e. The molecule has 0 aliphatic carbocycles. The minimum Gasteiger partial charge on any atom is -0.0991 e. The van der Waals surface area contributed by atoms with E-state index in [0.717, 1.165) is 5.56 Å². The van der Waals surface area contributed by atoms with E-state index in [0.29, 0.717) is 0 Å². The third-order valence-electron chi connectivity index (χ3n) is 3.65. The Morgan fingerprint density at radius 3 is 1.77 bits per heavy atom. The van der Waals surface area contributed by atoms with Crippen LogP contribution in [-0.4, -0.2) is 0 Å². The molecule has 0 saturated carbocycles. The summed E-state index contributed by atoms with van der Waals surface area (Å²) in [6.07, 6.45) is 16.3. The van der Waals surface area contributed by atoms with Gasteiger partial charge in [-0.2, -0.15) is 0 Å². The van der Waals surface area contributed by atoms with Crippen LogP contribution in [0.5, 0.6) is 0 Å². The van der Waals surface area contributed by atoms with Crippen molar-refractivity contribution in [3.05, 3.63) is 84.0 Å². The molecule has 0 aliphatic heterocycles. The van der Waals surface area contributed by atoms with Crippen LogP contribution in [0, 0.1) is 0 Å². The predicted octanol–water partition coefficient (Wildman–Crippen LogP) is 6.75. The van der Waals surface area contributed by atoms with E-state index in [2.05, 4.69) is 67.8 Å². The summed E-state index contributed by atoms with van der Waals surface area (Å²) in [5.41, 5.74) is 4.79. The quantitative estimate of drug-likeness (QED) is 0.533. The van der Waals surface area contributed by atoms with Crippen molar-refractivity contribution in [3.63, 3.8) is 0 Å². The number of hydrogen-bond acceptors (Lipinski definition) is 0. The fraction of sp³-hybridized carbons (Fsp3) is 0.0909. The molecule has 0 unspecified atom stereocenters. The van der Waals surface area contributed by atoms with E-state index in [1.54, 1.807) is 6.08 Å². The third kappa shape index (κ3) is 2.87. The molecule has 0 heterocycles. The SMILES string of the molecule is C=C/C=C\c1c(C=C)c(/C=C\C)c(/C=C\C)c2ccccc12. The van der Waals surface area contributed by atoms with Gasteiger partial charge in [-0.05, 0) is 46.9 Å². The van der Waals surface area contributed by atoms with Gasteiger partial charge in [0, 0.05) is 0 Å². The Kier molecular flexibility index (Phi) is 5.32. The van der Waals surface area contributed by atoms with Crippen LogP contribution in [0.3, 0.4) is 0 Å². The first-order valence-corrected chi connectivity index (χ1v) is 7.54. The maximum atomic E-state index is 4.03. The Morgan fingerprint density at radius 1 is 0.727 bits per heavy atom.